The number of carboxylic acids is 1. The van der Waals surface area contributed by atoms with E-state index in [1.54, 1.807) is 6.92 Å². The van der Waals surface area contributed by atoms with E-state index >= 15 is 0 Å². The molecule has 39 heavy (non-hydrogen) atoms. The molecule has 14 heteroatoms. The highest BCUT2D eigenvalue weighted by molar-refractivity contribution is 5.95. The van der Waals surface area contributed by atoms with E-state index in [0.717, 1.165) is 12.8 Å². The first-order valence-corrected chi connectivity index (χ1v) is 12.4. The van der Waals surface area contributed by atoms with Crippen LogP contribution in [-0.2, 0) is 9.53 Å². The molecule has 1 aromatic heterocycles. The van der Waals surface area contributed by atoms with Crippen LogP contribution in [0.15, 0.2) is 22.6 Å². The van der Waals surface area contributed by atoms with Crippen LogP contribution in [0.25, 0.3) is 11.5 Å². The van der Waals surface area contributed by atoms with Gasteiger partial charge in [0, 0.05) is 18.2 Å². The molecule has 2 aromatic rings. The summed E-state index contributed by atoms with van der Waals surface area (Å²) in [6, 6.07) is 2.14. The number of aliphatic carboxylic acids is 1. The average molecular weight is 553 g/mol. The molecule has 2 fully saturated rings. The molecule has 0 bridgehead atoms. The monoisotopic (exact) mass is 552 g/mol. The minimum atomic E-state index is -3.05. The molecule has 2 aliphatic rings. The van der Waals surface area contributed by atoms with Crippen LogP contribution in [0.5, 0.6) is 11.5 Å². The Labute approximate surface area is 222 Å². The van der Waals surface area contributed by atoms with Crippen molar-refractivity contribution >= 4 is 18.0 Å². The first-order chi connectivity index (χ1) is 18.5. The zero-order valence-electron chi connectivity index (χ0n) is 21.4. The van der Waals surface area contributed by atoms with Crippen LogP contribution in [0.4, 0.5) is 13.6 Å². The van der Waals surface area contributed by atoms with Crippen molar-refractivity contribution in [2.75, 3.05) is 20.3 Å². The Bertz CT molecular complexity index is 1220. The van der Waals surface area contributed by atoms with Gasteiger partial charge in [-0.3, -0.25) is 9.59 Å². The number of hydrogen-bond donors (Lipinski definition) is 3. The van der Waals surface area contributed by atoms with Crippen molar-refractivity contribution in [1.29, 1.82) is 0 Å². The van der Waals surface area contributed by atoms with Crippen LogP contribution in [-0.4, -0.2) is 71.9 Å². The summed E-state index contributed by atoms with van der Waals surface area (Å²) >= 11 is 0. The van der Waals surface area contributed by atoms with Crippen molar-refractivity contribution < 1.29 is 46.9 Å². The van der Waals surface area contributed by atoms with E-state index in [1.807, 2.05) is 0 Å². The van der Waals surface area contributed by atoms with Gasteiger partial charge in [-0.2, -0.15) is 8.78 Å². The number of benzene rings is 1. The number of carboxylic acid groups (broad SMARTS) is 1. The summed E-state index contributed by atoms with van der Waals surface area (Å²) in [6.07, 6.45) is 1.11. The number of amides is 2. The van der Waals surface area contributed by atoms with Gasteiger partial charge in [0.05, 0.1) is 32.2 Å². The average Bonchev–Trinajstić information content (AvgIpc) is 3.46. The third-order valence-corrected chi connectivity index (χ3v) is 6.44. The van der Waals surface area contributed by atoms with E-state index in [2.05, 4.69) is 19.8 Å². The van der Waals surface area contributed by atoms with Crippen LogP contribution in [0.2, 0.25) is 0 Å². The minimum Gasteiger partial charge on any atom is -0.489 e. The van der Waals surface area contributed by atoms with Crippen molar-refractivity contribution in [3.8, 4) is 23.0 Å². The van der Waals surface area contributed by atoms with Gasteiger partial charge in [0.2, 0.25) is 5.89 Å². The van der Waals surface area contributed by atoms with Gasteiger partial charge in [-0.25, -0.2) is 9.78 Å². The number of ether oxygens (including phenoxy) is 3. The fourth-order valence-electron chi connectivity index (χ4n) is 4.38. The van der Waals surface area contributed by atoms with Gasteiger partial charge in [0.25, 0.3) is 5.91 Å². The highest BCUT2D eigenvalue weighted by atomic mass is 19.3. The van der Waals surface area contributed by atoms with E-state index in [-0.39, 0.29) is 48.2 Å². The predicted octanol–water partition coefficient (Wildman–Crippen LogP) is 3.17. The topological polar surface area (TPSA) is 166 Å². The van der Waals surface area contributed by atoms with Crippen LogP contribution >= 0.6 is 0 Å². The van der Waals surface area contributed by atoms with Crippen molar-refractivity contribution in [3.63, 3.8) is 0 Å². The second kappa shape index (κ2) is 11.8. The fraction of sp³-hybridized carbons (Fsp3) is 0.520. The van der Waals surface area contributed by atoms with Crippen LogP contribution in [0.1, 0.15) is 54.9 Å². The smallest absolute Gasteiger partial charge is 0.407 e. The van der Waals surface area contributed by atoms with Crippen LogP contribution in [0.3, 0.4) is 0 Å². The number of nitrogens with zero attached hydrogens (tertiary/aromatic N) is 2. The molecule has 4 rings (SSSR count). The highest BCUT2D eigenvalue weighted by Gasteiger charge is 2.40. The molecule has 4 N–H and O–H groups in total. The number of likely N-dealkylation sites (tertiary alicyclic amines) is 1. The lowest BCUT2D eigenvalue weighted by Crippen LogP contribution is -2.40. The van der Waals surface area contributed by atoms with Crippen molar-refractivity contribution in [2.24, 2.45) is 11.7 Å². The number of alkyl carbamates (subject to hydrolysis) is 1. The number of aromatic nitrogens is 1. The molecular formula is C25H30F2N4O8. The molecule has 1 aromatic carbocycles. The van der Waals surface area contributed by atoms with Crippen molar-refractivity contribution in [3.05, 3.63) is 29.7 Å². The molecule has 3 atom stereocenters. The number of nitrogens with one attached hydrogen (secondary N) is 1. The quantitative estimate of drug-likeness (QED) is 0.377. The third-order valence-electron chi connectivity index (χ3n) is 6.44. The minimum absolute atomic E-state index is 0.0104. The Hall–Kier alpha value is -3.94. The van der Waals surface area contributed by atoms with Gasteiger partial charge in [-0.1, -0.05) is 0 Å². The number of oxazole rings is 1. The van der Waals surface area contributed by atoms with Gasteiger partial charge in [-0.05, 0) is 50.3 Å². The van der Waals surface area contributed by atoms with Crippen LogP contribution < -0.4 is 20.5 Å². The van der Waals surface area contributed by atoms with Crippen molar-refractivity contribution in [1.82, 2.24) is 15.2 Å². The molecule has 2 heterocycles. The summed E-state index contributed by atoms with van der Waals surface area (Å²) in [5.41, 5.74) is 6.27. The van der Waals surface area contributed by atoms with E-state index in [9.17, 15) is 28.3 Å². The van der Waals surface area contributed by atoms with Gasteiger partial charge in [-0.15, -0.1) is 0 Å². The second-order valence-electron chi connectivity index (χ2n) is 9.59. The van der Waals surface area contributed by atoms with Gasteiger partial charge < -0.3 is 39.7 Å². The number of alkyl halides is 2. The normalized spacial score (nSPS) is 19.6. The van der Waals surface area contributed by atoms with E-state index in [1.165, 1.54) is 30.2 Å². The standard InChI is InChI=1S/C25H30F2N4O8/c1-12(28)21-20(23(34)31-10-15(29-25(35)36-2)8-16(31)9-19(32)33)30-22(39-21)14-5-6-17(38-24(26)27)18(7-14)37-11-13-3-4-13/h5-7,12-13,15-16,24H,3-4,8-11,28H2,1-2H3,(H,29,35)(H,32,33)/t12-,15+,16-/m0/s1. The van der Waals surface area contributed by atoms with Gasteiger partial charge >= 0.3 is 18.7 Å². The first-order valence-electron chi connectivity index (χ1n) is 12.4. The summed E-state index contributed by atoms with van der Waals surface area (Å²) in [7, 11) is 1.20. The van der Waals surface area contributed by atoms with Gasteiger partial charge in [0.15, 0.2) is 23.0 Å². The molecule has 1 aliphatic heterocycles. The molecule has 1 aliphatic carbocycles. The zero-order chi connectivity index (χ0) is 28.3. The Kier molecular flexibility index (Phi) is 8.53. The molecule has 1 saturated heterocycles. The third kappa shape index (κ3) is 6.93. The molecule has 0 radical (unpaired) electrons. The largest absolute Gasteiger partial charge is 0.489 e. The Balaban J connectivity index is 1.64. The lowest BCUT2D eigenvalue weighted by molar-refractivity contribution is -0.137. The Morgan fingerprint density at radius 1 is 1.28 bits per heavy atom. The number of methoxy groups -OCH3 is 1. The SMILES string of the molecule is COC(=O)N[C@@H]1C[C@@H](CC(=O)O)N(C(=O)c2nc(-c3ccc(OC(F)F)c(OCC4CC4)c3)oc2[C@H](C)N)C1. The number of carbonyl (C=O) groups is 3. The fourth-order valence-corrected chi connectivity index (χ4v) is 4.38. The highest BCUT2D eigenvalue weighted by Crippen LogP contribution is 2.37. The number of carbonyl (C=O) groups excluding carboxylic acids is 2. The molecule has 12 nitrogen and oxygen atoms in total. The Morgan fingerprint density at radius 3 is 2.64 bits per heavy atom. The number of halogens is 2. The summed E-state index contributed by atoms with van der Waals surface area (Å²) in [5, 5.41) is 12.0. The lowest BCUT2D eigenvalue weighted by atomic mass is 10.1. The second-order valence-corrected chi connectivity index (χ2v) is 9.59. The predicted molar refractivity (Wildman–Crippen MR) is 130 cm³/mol. The maximum Gasteiger partial charge on any atom is 0.407 e. The number of nitrogens with two attached hydrogens (primary N) is 1. The Morgan fingerprint density at radius 2 is 2.03 bits per heavy atom. The van der Waals surface area contributed by atoms with Crippen molar-refractivity contribution in [2.45, 2.75) is 57.3 Å². The van der Waals surface area contributed by atoms with Crippen LogP contribution in [0, 0.1) is 5.92 Å². The zero-order valence-corrected chi connectivity index (χ0v) is 21.4. The maximum absolute atomic E-state index is 13.6. The molecule has 212 valence electrons. The first kappa shape index (κ1) is 28.1. The molecule has 2 amide bonds. The molecule has 1 saturated carbocycles. The number of hydrogen-bond acceptors (Lipinski definition) is 9. The van der Waals surface area contributed by atoms with E-state index in [0.29, 0.717) is 18.1 Å². The summed E-state index contributed by atoms with van der Waals surface area (Å²) in [5.74, 6) is -1.42. The summed E-state index contributed by atoms with van der Waals surface area (Å²) < 4.78 is 46.6. The van der Waals surface area contributed by atoms with E-state index in [4.69, 9.17) is 14.9 Å². The molecule has 0 unspecified atom stereocenters. The summed E-state index contributed by atoms with van der Waals surface area (Å²) in [6.45, 7) is -1.10. The summed E-state index contributed by atoms with van der Waals surface area (Å²) in [4.78, 5) is 42.4. The van der Waals surface area contributed by atoms with Gasteiger partial charge in [0.1, 0.15) is 0 Å². The van der Waals surface area contributed by atoms with E-state index < -0.39 is 42.7 Å². The molecular weight excluding hydrogens is 522 g/mol. The molecule has 0 spiro atoms. The lowest BCUT2D eigenvalue weighted by Gasteiger charge is -2.22. The maximum atomic E-state index is 13.6. The number of rotatable bonds is 11.